The van der Waals surface area contributed by atoms with E-state index in [4.69, 9.17) is 0 Å². The Morgan fingerprint density at radius 1 is 1.35 bits per heavy atom. The maximum Gasteiger partial charge on any atom is 0.254 e. The summed E-state index contributed by atoms with van der Waals surface area (Å²) >= 11 is 0. The number of sulfone groups is 1. The van der Waals surface area contributed by atoms with Crippen LogP contribution in [0.4, 0.5) is 0 Å². The quantitative estimate of drug-likeness (QED) is 0.762. The van der Waals surface area contributed by atoms with Crippen LogP contribution >= 0.6 is 0 Å². The first-order chi connectivity index (χ1) is 12.5. The third kappa shape index (κ3) is 3.01. The number of H-pyrrole nitrogens is 1. The number of hydrogen-bond donors (Lipinski definition) is 1. The lowest BCUT2D eigenvalue weighted by Crippen LogP contribution is -2.46. The number of rotatable bonds is 3. The number of benzene rings is 1. The van der Waals surface area contributed by atoms with Gasteiger partial charge in [-0.05, 0) is 31.2 Å². The fourth-order valence-corrected chi connectivity index (χ4v) is 4.90. The van der Waals surface area contributed by atoms with Gasteiger partial charge in [-0.3, -0.25) is 9.48 Å². The second-order valence-corrected chi connectivity index (χ2v) is 8.77. The summed E-state index contributed by atoms with van der Waals surface area (Å²) in [6.07, 6.45) is 5.31. The fourth-order valence-electron chi connectivity index (χ4n) is 3.40. The van der Waals surface area contributed by atoms with Crippen molar-refractivity contribution in [2.75, 3.05) is 18.1 Å². The Hall–Kier alpha value is -2.61. The van der Waals surface area contributed by atoms with E-state index in [2.05, 4.69) is 10.1 Å². The molecule has 7 nitrogen and oxygen atoms in total. The number of aromatic nitrogens is 3. The first kappa shape index (κ1) is 16.8. The fraction of sp³-hybridized carbons (Fsp3) is 0.333. The molecular weight excluding hydrogens is 352 g/mol. The molecule has 1 fully saturated rings. The van der Waals surface area contributed by atoms with Crippen LogP contribution < -0.4 is 0 Å². The van der Waals surface area contributed by atoms with Gasteiger partial charge in [0.1, 0.15) is 0 Å². The summed E-state index contributed by atoms with van der Waals surface area (Å²) in [5.74, 6) is -0.235. The van der Waals surface area contributed by atoms with Crippen molar-refractivity contribution in [1.29, 1.82) is 0 Å². The molecule has 1 atom stereocenters. The topological polar surface area (TPSA) is 88.1 Å². The van der Waals surface area contributed by atoms with Crippen molar-refractivity contribution in [3.8, 4) is 0 Å². The summed E-state index contributed by atoms with van der Waals surface area (Å²) in [5.41, 5.74) is 2.28. The molecule has 0 radical (unpaired) electrons. The van der Waals surface area contributed by atoms with Gasteiger partial charge in [0.25, 0.3) is 5.91 Å². The van der Waals surface area contributed by atoms with Gasteiger partial charge in [0.2, 0.25) is 0 Å². The molecular formula is C18H20N4O3S. The SMILES string of the molecule is CCn1cc(C2CS(=O)(=O)CCN2C(=O)c2ccc3[nH]ccc3c2)cn1. The summed E-state index contributed by atoms with van der Waals surface area (Å²) in [5, 5.41) is 5.19. The highest BCUT2D eigenvalue weighted by Crippen LogP contribution is 2.29. The number of nitrogens with one attached hydrogen (secondary N) is 1. The molecule has 26 heavy (non-hydrogen) atoms. The summed E-state index contributed by atoms with van der Waals surface area (Å²) in [7, 11) is -3.19. The normalized spacial score (nSPS) is 19.7. The molecule has 3 heterocycles. The van der Waals surface area contributed by atoms with Crippen LogP contribution in [0.2, 0.25) is 0 Å². The van der Waals surface area contributed by atoms with Crippen LogP contribution in [-0.4, -0.2) is 52.0 Å². The largest absolute Gasteiger partial charge is 0.361 e. The highest BCUT2D eigenvalue weighted by molar-refractivity contribution is 7.91. The standard InChI is InChI=1S/C18H20N4O3S/c1-2-21-11-15(10-20-21)17-12-26(24,25)8-7-22(17)18(23)14-3-4-16-13(9-14)5-6-19-16/h3-6,9-11,17,19H,2,7-8,12H2,1H3. The highest BCUT2D eigenvalue weighted by atomic mass is 32.2. The van der Waals surface area contributed by atoms with E-state index < -0.39 is 15.9 Å². The smallest absolute Gasteiger partial charge is 0.254 e. The van der Waals surface area contributed by atoms with E-state index in [-0.39, 0.29) is 24.0 Å². The molecule has 1 N–H and O–H groups in total. The molecule has 136 valence electrons. The van der Waals surface area contributed by atoms with E-state index in [1.165, 1.54) is 0 Å². The third-order valence-electron chi connectivity index (χ3n) is 4.85. The molecule has 1 aliphatic rings. The van der Waals surface area contributed by atoms with Crippen molar-refractivity contribution >= 4 is 26.6 Å². The summed E-state index contributed by atoms with van der Waals surface area (Å²) in [4.78, 5) is 17.9. The molecule has 0 spiro atoms. The maximum absolute atomic E-state index is 13.1. The Morgan fingerprint density at radius 3 is 2.96 bits per heavy atom. The summed E-state index contributed by atoms with van der Waals surface area (Å²) < 4.78 is 26.1. The van der Waals surface area contributed by atoms with E-state index in [1.807, 2.05) is 37.5 Å². The zero-order valence-corrected chi connectivity index (χ0v) is 15.2. The lowest BCUT2D eigenvalue weighted by atomic mass is 10.1. The van der Waals surface area contributed by atoms with E-state index in [0.717, 1.165) is 16.5 Å². The number of aromatic amines is 1. The van der Waals surface area contributed by atoms with Gasteiger partial charge in [-0.2, -0.15) is 5.10 Å². The first-order valence-electron chi connectivity index (χ1n) is 8.58. The number of carbonyl (C=O) groups is 1. The van der Waals surface area contributed by atoms with Crippen LogP contribution in [0, 0.1) is 0 Å². The number of amides is 1. The van der Waals surface area contributed by atoms with Gasteiger partial charge in [0.05, 0.1) is 23.7 Å². The zero-order valence-electron chi connectivity index (χ0n) is 14.4. The second kappa shape index (κ2) is 6.28. The van der Waals surface area contributed by atoms with E-state index in [9.17, 15) is 13.2 Å². The van der Waals surface area contributed by atoms with Gasteiger partial charge in [0.15, 0.2) is 9.84 Å². The van der Waals surface area contributed by atoms with Gasteiger partial charge in [0, 0.05) is 47.5 Å². The Bertz CT molecular complexity index is 1070. The molecule has 4 rings (SSSR count). The Morgan fingerprint density at radius 2 is 2.19 bits per heavy atom. The predicted octanol–water partition coefficient (Wildman–Crippen LogP) is 2.00. The molecule has 1 saturated heterocycles. The molecule has 0 aliphatic carbocycles. The van der Waals surface area contributed by atoms with Gasteiger partial charge in [-0.15, -0.1) is 0 Å². The van der Waals surface area contributed by atoms with Crippen molar-refractivity contribution in [1.82, 2.24) is 19.7 Å². The van der Waals surface area contributed by atoms with Crippen molar-refractivity contribution < 1.29 is 13.2 Å². The number of aryl methyl sites for hydroxylation is 1. The molecule has 1 unspecified atom stereocenters. The van der Waals surface area contributed by atoms with Crippen molar-refractivity contribution in [2.45, 2.75) is 19.5 Å². The van der Waals surface area contributed by atoms with Crippen LogP contribution in [0.15, 0.2) is 42.9 Å². The lowest BCUT2D eigenvalue weighted by Gasteiger charge is -2.35. The van der Waals surface area contributed by atoms with Crippen LogP contribution in [0.5, 0.6) is 0 Å². The minimum Gasteiger partial charge on any atom is -0.361 e. The molecule has 1 amide bonds. The first-order valence-corrected chi connectivity index (χ1v) is 10.4. The zero-order chi connectivity index (χ0) is 18.3. The average Bonchev–Trinajstić information content (AvgIpc) is 3.28. The number of nitrogens with zero attached hydrogens (tertiary/aromatic N) is 3. The van der Waals surface area contributed by atoms with Gasteiger partial charge in [-0.1, -0.05) is 0 Å². The maximum atomic E-state index is 13.1. The molecule has 0 bridgehead atoms. The Labute approximate surface area is 151 Å². The third-order valence-corrected chi connectivity index (χ3v) is 6.48. The molecule has 2 aromatic heterocycles. The number of carbonyl (C=O) groups excluding carboxylic acids is 1. The minimum absolute atomic E-state index is 0.0104. The average molecular weight is 372 g/mol. The highest BCUT2D eigenvalue weighted by Gasteiger charge is 2.36. The van der Waals surface area contributed by atoms with Gasteiger partial charge < -0.3 is 9.88 Å². The van der Waals surface area contributed by atoms with Crippen molar-refractivity contribution in [3.05, 3.63) is 54.0 Å². The van der Waals surface area contributed by atoms with Gasteiger partial charge >= 0.3 is 0 Å². The lowest BCUT2D eigenvalue weighted by molar-refractivity contribution is 0.0697. The Balaban J connectivity index is 1.70. The summed E-state index contributed by atoms with van der Waals surface area (Å²) in [6, 6.07) is 6.88. The second-order valence-electron chi connectivity index (χ2n) is 6.54. The van der Waals surface area contributed by atoms with Crippen molar-refractivity contribution in [3.63, 3.8) is 0 Å². The van der Waals surface area contributed by atoms with Crippen LogP contribution in [-0.2, 0) is 16.4 Å². The van der Waals surface area contributed by atoms with Gasteiger partial charge in [-0.25, -0.2) is 8.42 Å². The van der Waals surface area contributed by atoms with E-state index in [0.29, 0.717) is 12.1 Å². The molecule has 1 aromatic carbocycles. The van der Waals surface area contributed by atoms with Crippen LogP contribution in [0.1, 0.15) is 28.9 Å². The molecule has 0 saturated carbocycles. The Kier molecular flexibility index (Phi) is 4.07. The number of hydrogen-bond acceptors (Lipinski definition) is 4. The molecule has 8 heteroatoms. The van der Waals surface area contributed by atoms with E-state index in [1.54, 1.807) is 21.8 Å². The van der Waals surface area contributed by atoms with Crippen molar-refractivity contribution in [2.24, 2.45) is 0 Å². The summed E-state index contributed by atoms with van der Waals surface area (Å²) in [6.45, 7) is 2.84. The molecule has 3 aromatic rings. The van der Waals surface area contributed by atoms with Crippen LogP contribution in [0.3, 0.4) is 0 Å². The molecule has 1 aliphatic heterocycles. The van der Waals surface area contributed by atoms with Crippen LogP contribution in [0.25, 0.3) is 10.9 Å². The van der Waals surface area contributed by atoms with E-state index >= 15 is 0 Å². The minimum atomic E-state index is -3.19. The predicted molar refractivity (Wildman–Crippen MR) is 98.6 cm³/mol. The monoisotopic (exact) mass is 372 g/mol. The number of fused-ring (bicyclic) bond motifs is 1.